The number of thiazole rings is 1. The summed E-state index contributed by atoms with van der Waals surface area (Å²) in [5, 5.41) is 4.43. The number of fused-ring (bicyclic) bond motifs is 3. The van der Waals surface area contributed by atoms with Crippen LogP contribution in [0, 0.1) is 13.8 Å². The first-order valence-corrected chi connectivity index (χ1v) is 10.3. The van der Waals surface area contributed by atoms with Gasteiger partial charge in [-0.2, -0.15) is 5.10 Å². The van der Waals surface area contributed by atoms with E-state index >= 15 is 0 Å². The van der Waals surface area contributed by atoms with E-state index in [4.69, 9.17) is 0 Å². The Balaban J connectivity index is 1.76. The van der Waals surface area contributed by atoms with E-state index < -0.39 is 0 Å². The number of hydrogen-bond acceptors (Lipinski definition) is 5. The van der Waals surface area contributed by atoms with Gasteiger partial charge in [-0.25, -0.2) is 14.1 Å². The second-order valence-corrected chi connectivity index (χ2v) is 8.34. The molecule has 0 unspecified atom stereocenters. The average Bonchev–Trinajstić information content (AvgIpc) is 3.38. The normalized spacial score (nSPS) is 12.3. The van der Waals surface area contributed by atoms with E-state index in [1.54, 1.807) is 16.7 Å². The Morgan fingerprint density at radius 1 is 1.10 bits per heavy atom. The van der Waals surface area contributed by atoms with Crippen LogP contribution in [0.4, 0.5) is 0 Å². The van der Waals surface area contributed by atoms with Crippen LogP contribution in [-0.2, 0) is 0 Å². The summed E-state index contributed by atoms with van der Waals surface area (Å²) >= 11 is 1.34. The molecule has 7 heteroatoms. The molecule has 5 rings (SSSR count). The van der Waals surface area contributed by atoms with Crippen molar-refractivity contribution in [2.24, 2.45) is 0 Å². The molecule has 0 atom stereocenters. The third-order valence-electron chi connectivity index (χ3n) is 5.25. The molecule has 30 heavy (non-hydrogen) atoms. The molecule has 0 radical (unpaired) electrons. The zero-order valence-electron chi connectivity index (χ0n) is 16.7. The van der Waals surface area contributed by atoms with Crippen molar-refractivity contribution < 1.29 is 4.79 Å². The van der Waals surface area contributed by atoms with Gasteiger partial charge in [0.05, 0.1) is 15.6 Å². The number of imidazole rings is 1. The molecule has 0 spiro atoms. The first kappa shape index (κ1) is 18.4. The van der Waals surface area contributed by atoms with Gasteiger partial charge in [0.25, 0.3) is 5.56 Å². The Hall–Kier alpha value is -3.58. The monoisotopic (exact) mass is 414 g/mol. The summed E-state index contributed by atoms with van der Waals surface area (Å²) in [7, 11) is 0. The van der Waals surface area contributed by atoms with Gasteiger partial charge in [-0.1, -0.05) is 41.7 Å². The smallest absolute Gasteiger partial charge is 0.273 e. The molecule has 0 bridgehead atoms. The van der Waals surface area contributed by atoms with E-state index in [9.17, 15) is 9.59 Å². The van der Waals surface area contributed by atoms with E-state index in [1.165, 1.54) is 22.9 Å². The number of hydrogen-bond donors (Lipinski definition) is 0. The molecule has 0 fully saturated rings. The van der Waals surface area contributed by atoms with Crippen LogP contribution >= 0.6 is 11.3 Å². The molecule has 148 valence electrons. The molecule has 3 heterocycles. The van der Waals surface area contributed by atoms with E-state index in [0.717, 1.165) is 27.7 Å². The summed E-state index contributed by atoms with van der Waals surface area (Å²) in [6.45, 7) is 5.53. The van der Waals surface area contributed by atoms with Gasteiger partial charge >= 0.3 is 0 Å². The van der Waals surface area contributed by atoms with Gasteiger partial charge in [0.15, 0.2) is 4.96 Å². The zero-order chi connectivity index (χ0) is 21.0. The number of nitrogens with zero attached hydrogens (tertiary/aromatic N) is 4. The van der Waals surface area contributed by atoms with Gasteiger partial charge in [-0.3, -0.25) is 9.59 Å². The zero-order valence-corrected chi connectivity index (χ0v) is 17.5. The van der Waals surface area contributed by atoms with Crippen molar-refractivity contribution in [2.45, 2.75) is 20.8 Å². The topological polar surface area (TPSA) is 69.3 Å². The molecule has 2 aromatic carbocycles. The minimum atomic E-state index is -0.188. The number of rotatable bonds is 2. The number of aryl methyl sites for hydroxylation is 2. The summed E-state index contributed by atoms with van der Waals surface area (Å²) < 4.78 is 3.52. The molecule has 0 amide bonds. The highest BCUT2D eigenvalue weighted by atomic mass is 32.1. The maximum absolute atomic E-state index is 13.2. The maximum atomic E-state index is 13.2. The van der Waals surface area contributed by atoms with Crippen molar-refractivity contribution in [1.82, 2.24) is 19.2 Å². The Bertz CT molecular complexity index is 1560. The van der Waals surface area contributed by atoms with Gasteiger partial charge in [0.2, 0.25) is 5.91 Å². The highest BCUT2D eigenvalue weighted by molar-refractivity contribution is 7.15. The standard InChI is InChI=1S/C23H18N4O2S/c1-13-9-18-19(10-14(13)2)27-22(29)20(30-23(27)24-18)11-17-12-26(15(3)28)25-21(17)16-7-5-4-6-8-16/h4-12H,1-3H3. The molecular formula is C23H18N4O2S. The predicted octanol–water partition coefficient (Wildman–Crippen LogP) is 3.60. The third-order valence-corrected chi connectivity index (χ3v) is 6.22. The van der Waals surface area contributed by atoms with Gasteiger partial charge in [0, 0.05) is 24.2 Å². The first-order valence-electron chi connectivity index (χ1n) is 9.52. The molecular weight excluding hydrogens is 396 g/mol. The molecule has 0 N–H and O–H groups in total. The minimum Gasteiger partial charge on any atom is -0.273 e. The van der Waals surface area contributed by atoms with Crippen molar-refractivity contribution in [3.05, 3.63) is 80.2 Å². The van der Waals surface area contributed by atoms with E-state index in [-0.39, 0.29) is 11.5 Å². The maximum Gasteiger partial charge on any atom is 0.274 e. The van der Waals surface area contributed by atoms with Gasteiger partial charge in [-0.05, 0) is 43.2 Å². The molecule has 0 aliphatic rings. The second-order valence-electron chi connectivity index (χ2n) is 7.33. The molecule has 3 aromatic heterocycles. The third kappa shape index (κ3) is 2.86. The van der Waals surface area contributed by atoms with Crippen LogP contribution in [0.25, 0.3) is 33.3 Å². The van der Waals surface area contributed by atoms with Gasteiger partial charge in [-0.15, -0.1) is 0 Å². The lowest BCUT2D eigenvalue weighted by atomic mass is 10.1. The fourth-order valence-corrected chi connectivity index (χ4v) is 4.51. The fraction of sp³-hybridized carbons (Fsp3) is 0.130. The Morgan fingerprint density at radius 2 is 1.83 bits per heavy atom. The summed E-state index contributed by atoms with van der Waals surface area (Å²) in [6, 6.07) is 13.6. The van der Waals surface area contributed by atoms with Crippen LogP contribution in [0.1, 0.15) is 28.4 Å². The average molecular weight is 414 g/mol. The van der Waals surface area contributed by atoms with Crippen LogP contribution in [0.2, 0.25) is 0 Å². The lowest BCUT2D eigenvalue weighted by Crippen LogP contribution is -2.22. The quantitative estimate of drug-likeness (QED) is 0.443. The number of aromatic nitrogens is 4. The summed E-state index contributed by atoms with van der Waals surface area (Å²) in [6.07, 6.45) is 3.46. The van der Waals surface area contributed by atoms with Crippen LogP contribution in [0.5, 0.6) is 0 Å². The van der Waals surface area contributed by atoms with Crippen molar-refractivity contribution in [3.8, 4) is 11.3 Å². The first-order chi connectivity index (χ1) is 14.4. The van der Waals surface area contributed by atoms with Crippen molar-refractivity contribution in [2.75, 3.05) is 0 Å². The molecule has 0 aliphatic carbocycles. The number of benzene rings is 2. The Labute approximate surface area is 175 Å². The van der Waals surface area contributed by atoms with Crippen molar-refractivity contribution >= 4 is 39.3 Å². The fourth-order valence-electron chi connectivity index (χ4n) is 3.53. The Kier molecular flexibility index (Phi) is 4.15. The van der Waals surface area contributed by atoms with Crippen LogP contribution < -0.4 is 10.1 Å². The van der Waals surface area contributed by atoms with Crippen molar-refractivity contribution in [1.29, 1.82) is 0 Å². The molecule has 6 nitrogen and oxygen atoms in total. The minimum absolute atomic E-state index is 0.115. The molecule has 0 saturated heterocycles. The number of carbonyl (C=O) groups excluding carboxylic acids is 1. The van der Waals surface area contributed by atoms with Crippen molar-refractivity contribution in [3.63, 3.8) is 0 Å². The number of carbonyl (C=O) groups is 1. The molecule has 5 aromatic rings. The van der Waals surface area contributed by atoms with Gasteiger partial charge < -0.3 is 0 Å². The highest BCUT2D eigenvalue weighted by Gasteiger charge is 2.15. The second kappa shape index (κ2) is 6.74. The lowest BCUT2D eigenvalue weighted by Gasteiger charge is -1.98. The largest absolute Gasteiger partial charge is 0.274 e. The summed E-state index contributed by atoms with van der Waals surface area (Å²) in [5.74, 6) is -0.188. The molecule has 0 aliphatic heterocycles. The SMILES string of the molecule is CC(=O)n1cc(C=c2sc3nc4cc(C)c(C)cc4n3c2=O)c(-c2ccccc2)n1. The Morgan fingerprint density at radius 3 is 2.57 bits per heavy atom. The lowest BCUT2D eigenvalue weighted by molar-refractivity contribution is 0.0921. The van der Waals surface area contributed by atoms with E-state index in [2.05, 4.69) is 10.1 Å². The van der Waals surface area contributed by atoms with Crippen LogP contribution in [0.3, 0.4) is 0 Å². The summed E-state index contributed by atoms with van der Waals surface area (Å²) in [5.41, 5.74) is 6.05. The van der Waals surface area contributed by atoms with Crippen LogP contribution in [0.15, 0.2) is 53.5 Å². The van der Waals surface area contributed by atoms with E-state index in [1.807, 2.05) is 56.3 Å². The predicted molar refractivity (Wildman–Crippen MR) is 119 cm³/mol. The summed E-state index contributed by atoms with van der Waals surface area (Å²) in [4.78, 5) is 30.4. The van der Waals surface area contributed by atoms with Crippen LogP contribution in [-0.4, -0.2) is 25.1 Å². The van der Waals surface area contributed by atoms with E-state index in [0.29, 0.717) is 20.8 Å². The van der Waals surface area contributed by atoms with Gasteiger partial charge in [0.1, 0.15) is 5.69 Å². The highest BCUT2D eigenvalue weighted by Crippen LogP contribution is 2.23. The molecule has 0 saturated carbocycles.